The highest BCUT2D eigenvalue weighted by molar-refractivity contribution is 5.49. The van der Waals surface area contributed by atoms with Gasteiger partial charge in [0.2, 0.25) is 0 Å². The summed E-state index contributed by atoms with van der Waals surface area (Å²) in [6.07, 6.45) is 0. The minimum absolute atomic E-state index is 0.0384. The topological polar surface area (TPSA) is 60.7 Å². The van der Waals surface area contributed by atoms with Crippen molar-refractivity contribution in [2.75, 3.05) is 0 Å². The Labute approximate surface area is 182 Å². The molecule has 0 atom stereocenters. The third-order valence-electron chi connectivity index (χ3n) is 6.00. The van der Waals surface area contributed by atoms with Crippen LogP contribution in [0.5, 0.6) is 17.2 Å². The number of para-hydroxylation sites is 1. The summed E-state index contributed by atoms with van der Waals surface area (Å²) >= 11 is 0. The number of phenolic OH excluding ortho intramolecular Hbond substituents is 3. The number of hydrogen-bond donors (Lipinski definition) is 3. The lowest BCUT2D eigenvalue weighted by atomic mass is 9.76. The zero-order valence-electron chi connectivity index (χ0n) is 17.7. The summed E-state index contributed by atoms with van der Waals surface area (Å²) < 4.78 is 0. The highest BCUT2D eigenvalue weighted by atomic mass is 16.3. The van der Waals surface area contributed by atoms with Crippen molar-refractivity contribution in [2.24, 2.45) is 0 Å². The first-order valence-electron chi connectivity index (χ1n) is 10.3. The van der Waals surface area contributed by atoms with Gasteiger partial charge in [0.15, 0.2) is 0 Å². The van der Waals surface area contributed by atoms with Crippen molar-refractivity contribution >= 4 is 0 Å². The van der Waals surface area contributed by atoms with Crippen molar-refractivity contribution in [3.63, 3.8) is 0 Å². The van der Waals surface area contributed by atoms with E-state index in [0.717, 1.165) is 27.8 Å². The first-order chi connectivity index (χ1) is 14.9. The van der Waals surface area contributed by atoms with Crippen LogP contribution in [-0.2, 0) is 5.41 Å². The van der Waals surface area contributed by atoms with Gasteiger partial charge in [0.05, 0.1) is 0 Å². The molecule has 3 heteroatoms. The SMILES string of the molecule is CC(C)(c1ccc(C(c2ccc(O)cc2)c2ccc(O)cc2)cc1)c1ccccc1O. The van der Waals surface area contributed by atoms with E-state index in [1.807, 2.05) is 42.5 Å². The average Bonchev–Trinajstić information content (AvgIpc) is 2.77. The zero-order valence-corrected chi connectivity index (χ0v) is 17.7. The summed E-state index contributed by atoms with van der Waals surface area (Å²) in [6, 6.07) is 30.4. The fourth-order valence-electron chi connectivity index (χ4n) is 4.16. The predicted octanol–water partition coefficient (Wildman–Crippen LogP) is 6.31. The minimum Gasteiger partial charge on any atom is -0.508 e. The Kier molecular flexibility index (Phi) is 5.43. The number of hydrogen-bond acceptors (Lipinski definition) is 3. The highest BCUT2D eigenvalue weighted by Crippen LogP contribution is 2.39. The normalized spacial score (nSPS) is 11.6. The van der Waals surface area contributed by atoms with Gasteiger partial charge in [-0.05, 0) is 52.6 Å². The summed E-state index contributed by atoms with van der Waals surface area (Å²) in [7, 11) is 0. The molecule has 0 aliphatic heterocycles. The Balaban J connectivity index is 1.75. The van der Waals surface area contributed by atoms with Crippen molar-refractivity contribution in [3.8, 4) is 17.2 Å². The fourth-order valence-corrected chi connectivity index (χ4v) is 4.16. The molecule has 0 amide bonds. The molecule has 0 spiro atoms. The van der Waals surface area contributed by atoms with Crippen LogP contribution in [0.15, 0.2) is 97.1 Å². The van der Waals surface area contributed by atoms with Crippen molar-refractivity contribution in [2.45, 2.75) is 25.2 Å². The summed E-state index contributed by atoms with van der Waals surface area (Å²) in [6.45, 7) is 4.21. The molecule has 0 saturated carbocycles. The van der Waals surface area contributed by atoms with Crippen LogP contribution in [0, 0.1) is 0 Å². The second-order valence-electron chi connectivity index (χ2n) is 8.38. The highest BCUT2D eigenvalue weighted by Gasteiger charge is 2.26. The molecule has 0 saturated heterocycles. The first-order valence-corrected chi connectivity index (χ1v) is 10.3. The van der Waals surface area contributed by atoms with E-state index in [1.165, 1.54) is 0 Å². The van der Waals surface area contributed by atoms with Crippen molar-refractivity contribution in [1.82, 2.24) is 0 Å². The maximum Gasteiger partial charge on any atom is 0.119 e. The van der Waals surface area contributed by atoms with Gasteiger partial charge in [0, 0.05) is 16.9 Å². The molecule has 0 fully saturated rings. The van der Waals surface area contributed by atoms with E-state index >= 15 is 0 Å². The van der Waals surface area contributed by atoms with Crippen LogP contribution in [0.1, 0.15) is 47.6 Å². The molecule has 3 N–H and O–H groups in total. The van der Waals surface area contributed by atoms with E-state index in [0.29, 0.717) is 5.75 Å². The second kappa shape index (κ2) is 8.19. The molecule has 4 aromatic rings. The van der Waals surface area contributed by atoms with E-state index in [2.05, 4.69) is 38.1 Å². The molecule has 4 aromatic carbocycles. The zero-order chi connectivity index (χ0) is 22.0. The maximum absolute atomic E-state index is 10.4. The van der Waals surface area contributed by atoms with Crippen LogP contribution in [-0.4, -0.2) is 15.3 Å². The molecule has 156 valence electrons. The van der Waals surface area contributed by atoms with Crippen LogP contribution < -0.4 is 0 Å². The fraction of sp³-hybridized carbons (Fsp3) is 0.143. The summed E-state index contributed by atoms with van der Waals surface area (Å²) in [5, 5.41) is 29.8. The molecule has 0 unspecified atom stereocenters. The largest absolute Gasteiger partial charge is 0.508 e. The van der Waals surface area contributed by atoms with Gasteiger partial charge in [-0.1, -0.05) is 80.6 Å². The van der Waals surface area contributed by atoms with Crippen LogP contribution in [0.4, 0.5) is 0 Å². The molecular formula is C28H26O3. The van der Waals surface area contributed by atoms with Gasteiger partial charge >= 0.3 is 0 Å². The maximum atomic E-state index is 10.4. The van der Waals surface area contributed by atoms with Gasteiger partial charge in [0.1, 0.15) is 17.2 Å². The predicted molar refractivity (Wildman–Crippen MR) is 124 cm³/mol. The van der Waals surface area contributed by atoms with E-state index in [1.54, 1.807) is 30.3 Å². The molecule has 0 heterocycles. The molecule has 0 bridgehead atoms. The van der Waals surface area contributed by atoms with Crippen LogP contribution in [0.3, 0.4) is 0 Å². The summed E-state index contributed by atoms with van der Waals surface area (Å²) in [5.41, 5.74) is 4.85. The van der Waals surface area contributed by atoms with Crippen molar-refractivity contribution in [1.29, 1.82) is 0 Å². The first kappa shape index (κ1) is 20.5. The molecule has 31 heavy (non-hydrogen) atoms. The van der Waals surface area contributed by atoms with Gasteiger partial charge in [-0.3, -0.25) is 0 Å². The molecule has 0 aromatic heterocycles. The van der Waals surface area contributed by atoms with E-state index < -0.39 is 0 Å². The Morgan fingerprint density at radius 2 is 0.968 bits per heavy atom. The molecule has 0 radical (unpaired) electrons. The third-order valence-corrected chi connectivity index (χ3v) is 6.00. The summed E-state index contributed by atoms with van der Waals surface area (Å²) in [4.78, 5) is 0. The van der Waals surface area contributed by atoms with Gasteiger partial charge in [0.25, 0.3) is 0 Å². The quantitative estimate of drug-likeness (QED) is 0.338. The number of benzene rings is 4. The van der Waals surface area contributed by atoms with E-state index in [9.17, 15) is 15.3 Å². The second-order valence-corrected chi connectivity index (χ2v) is 8.38. The Bertz CT molecular complexity index is 1110. The summed E-state index contributed by atoms with van der Waals surface area (Å²) in [5.74, 6) is 0.715. The lowest BCUT2D eigenvalue weighted by molar-refractivity contribution is 0.453. The van der Waals surface area contributed by atoms with Gasteiger partial charge in [-0.2, -0.15) is 0 Å². The van der Waals surface area contributed by atoms with Crippen molar-refractivity contribution in [3.05, 3.63) is 125 Å². The van der Waals surface area contributed by atoms with Crippen LogP contribution in [0.25, 0.3) is 0 Å². The smallest absolute Gasteiger partial charge is 0.119 e. The minimum atomic E-state index is -0.351. The lowest BCUT2D eigenvalue weighted by Gasteiger charge is -2.28. The molecule has 0 aliphatic carbocycles. The van der Waals surface area contributed by atoms with Crippen molar-refractivity contribution < 1.29 is 15.3 Å². The number of rotatable bonds is 5. The van der Waals surface area contributed by atoms with Crippen LogP contribution >= 0.6 is 0 Å². The Morgan fingerprint density at radius 1 is 0.548 bits per heavy atom. The standard InChI is InChI=1S/C28H26O3/c1-28(2,25-5-3-4-6-26(25)31)22-13-7-19(8-14-22)27(20-9-15-23(29)16-10-20)21-11-17-24(30)18-12-21/h3-18,27,29-31H,1-2H3. The van der Waals surface area contributed by atoms with E-state index in [-0.39, 0.29) is 22.8 Å². The molecular weight excluding hydrogens is 384 g/mol. The lowest BCUT2D eigenvalue weighted by Crippen LogP contribution is -2.19. The van der Waals surface area contributed by atoms with E-state index in [4.69, 9.17) is 0 Å². The number of phenols is 3. The average molecular weight is 411 g/mol. The van der Waals surface area contributed by atoms with Crippen LogP contribution in [0.2, 0.25) is 0 Å². The third kappa shape index (κ3) is 4.13. The number of aromatic hydroxyl groups is 3. The Hall–Kier alpha value is -3.72. The molecule has 0 aliphatic rings. The van der Waals surface area contributed by atoms with Gasteiger partial charge < -0.3 is 15.3 Å². The van der Waals surface area contributed by atoms with Gasteiger partial charge in [-0.15, -0.1) is 0 Å². The monoisotopic (exact) mass is 410 g/mol. The Morgan fingerprint density at radius 3 is 1.42 bits per heavy atom. The van der Waals surface area contributed by atoms with Gasteiger partial charge in [-0.25, -0.2) is 0 Å². The molecule has 3 nitrogen and oxygen atoms in total. The molecule has 4 rings (SSSR count).